The summed E-state index contributed by atoms with van der Waals surface area (Å²) in [7, 11) is 0. The lowest BCUT2D eigenvalue weighted by Crippen LogP contribution is -2.49. The Hall–Kier alpha value is -2.00. The second-order valence-electron chi connectivity index (χ2n) is 4.69. The number of carbonyl (C=O) groups excluding carboxylic acids is 1. The molecule has 2 unspecified atom stereocenters. The van der Waals surface area contributed by atoms with Crippen molar-refractivity contribution >= 4 is 28.2 Å². The third-order valence-corrected chi connectivity index (χ3v) is 4.16. The first-order valence-corrected chi connectivity index (χ1v) is 6.57. The van der Waals surface area contributed by atoms with Gasteiger partial charge in [-0.3, -0.25) is 19.7 Å². The molecular weight excluding hydrogens is 288 g/mol. The molecule has 0 saturated carbocycles. The number of nitro groups is 1. The fourth-order valence-electron chi connectivity index (χ4n) is 1.87. The maximum absolute atomic E-state index is 12.0. The number of carbonyl (C=O) groups is 2. The van der Waals surface area contributed by atoms with Gasteiger partial charge >= 0.3 is 11.0 Å². The van der Waals surface area contributed by atoms with E-state index in [0.717, 1.165) is 17.4 Å². The number of thiophene rings is 1. The van der Waals surface area contributed by atoms with E-state index in [2.05, 4.69) is 5.32 Å². The number of rotatable bonds is 4. The van der Waals surface area contributed by atoms with Gasteiger partial charge in [0, 0.05) is 11.4 Å². The Morgan fingerprint density at radius 2 is 2.35 bits per heavy atom. The zero-order valence-electron chi connectivity index (χ0n) is 10.5. The van der Waals surface area contributed by atoms with Gasteiger partial charge in [0.05, 0.1) is 29.7 Å². The molecule has 0 aromatic carbocycles. The molecule has 2 atom stereocenters. The minimum Gasteiger partial charge on any atom is -0.481 e. The van der Waals surface area contributed by atoms with Crippen LogP contribution in [0.1, 0.15) is 17.3 Å². The lowest BCUT2D eigenvalue weighted by Gasteiger charge is -2.25. The molecule has 9 heteroatoms. The van der Waals surface area contributed by atoms with Crippen LogP contribution in [0.25, 0.3) is 0 Å². The van der Waals surface area contributed by atoms with Gasteiger partial charge in [0.1, 0.15) is 5.41 Å². The molecule has 0 bridgehead atoms. The molecular formula is C11H12N2O6S. The number of nitrogens with zero attached hydrogens (tertiary/aromatic N) is 1. The highest BCUT2D eigenvalue weighted by atomic mass is 32.1. The Bertz CT molecular complexity index is 571. The summed E-state index contributed by atoms with van der Waals surface area (Å²) in [6.45, 7) is 1.60. The van der Waals surface area contributed by atoms with Crippen molar-refractivity contribution in [3.05, 3.63) is 27.1 Å². The van der Waals surface area contributed by atoms with Crippen LogP contribution in [0.5, 0.6) is 0 Å². The van der Waals surface area contributed by atoms with E-state index in [9.17, 15) is 24.8 Å². The van der Waals surface area contributed by atoms with Crippen LogP contribution in [0, 0.1) is 15.5 Å². The van der Waals surface area contributed by atoms with Crippen LogP contribution in [-0.2, 0) is 9.53 Å². The van der Waals surface area contributed by atoms with Gasteiger partial charge in [0.25, 0.3) is 5.91 Å². The van der Waals surface area contributed by atoms with Gasteiger partial charge in [-0.2, -0.15) is 0 Å². The highest BCUT2D eigenvalue weighted by Gasteiger charge is 2.47. The van der Waals surface area contributed by atoms with Crippen LogP contribution in [-0.4, -0.2) is 41.2 Å². The maximum Gasteiger partial charge on any atom is 0.324 e. The van der Waals surface area contributed by atoms with Crippen molar-refractivity contribution < 1.29 is 24.4 Å². The quantitative estimate of drug-likeness (QED) is 0.629. The molecule has 0 aliphatic carbocycles. The first-order chi connectivity index (χ1) is 9.34. The van der Waals surface area contributed by atoms with E-state index in [0.29, 0.717) is 0 Å². The van der Waals surface area contributed by atoms with E-state index in [1.165, 1.54) is 12.3 Å². The third kappa shape index (κ3) is 2.49. The molecule has 1 amide bonds. The van der Waals surface area contributed by atoms with Crippen molar-refractivity contribution in [2.24, 2.45) is 5.41 Å². The largest absolute Gasteiger partial charge is 0.481 e. The molecule has 1 aliphatic heterocycles. The molecule has 0 radical (unpaired) electrons. The number of aliphatic carboxylic acids is 1. The second-order valence-corrected chi connectivity index (χ2v) is 5.58. The molecule has 1 saturated heterocycles. The molecule has 8 nitrogen and oxygen atoms in total. The van der Waals surface area contributed by atoms with Gasteiger partial charge in [-0.05, 0) is 6.92 Å². The van der Waals surface area contributed by atoms with E-state index in [-0.39, 0.29) is 23.8 Å². The fraction of sp³-hybridized carbons (Fsp3) is 0.455. The Kier molecular flexibility index (Phi) is 3.73. The standard InChI is InChI=1S/C11H12N2O6S/c1-11(10(15)16)5-19-3-7(11)12-9(14)6-2-8(13(17)18)20-4-6/h2,4,7H,3,5H2,1H3,(H,12,14)(H,15,16). The van der Waals surface area contributed by atoms with Crippen LogP contribution in [0.3, 0.4) is 0 Å². The second kappa shape index (κ2) is 5.17. The number of amides is 1. The fourth-order valence-corrected chi connectivity index (χ4v) is 2.57. The smallest absolute Gasteiger partial charge is 0.324 e. The van der Waals surface area contributed by atoms with E-state index in [1.807, 2.05) is 0 Å². The van der Waals surface area contributed by atoms with Crippen molar-refractivity contribution in [2.45, 2.75) is 13.0 Å². The summed E-state index contributed by atoms with van der Waals surface area (Å²) in [6, 6.07) is 0.486. The van der Waals surface area contributed by atoms with Crippen LogP contribution in [0.4, 0.5) is 5.00 Å². The normalized spacial score (nSPS) is 25.4. The van der Waals surface area contributed by atoms with E-state index >= 15 is 0 Å². The van der Waals surface area contributed by atoms with Crippen molar-refractivity contribution in [3.8, 4) is 0 Å². The molecule has 108 valence electrons. The first kappa shape index (κ1) is 14.4. The Balaban J connectivity index is 2.11. The van der Waals surface area contributed by atoms with Crippen LogP contribution < -0.4 is 5.32 Å². The van der Waals surface area contributed by atoms with Crippen molar-refractivity contribution in [1.29, 1.82) is 0 Å². The van der Waals surface area contributed by atoms with Crippen molar-refractivity contribution in [1.82, 2.24) is 5.32 Å². The van der Waals surface area contributed by atoms with Gasteiger partial charge in [-0.1, -0.05) is 11.3 Å². The predicted octanol–water partition coefficient (Wildman–Crippen LogP) is 0.876. The number of ether oxygens (including phenoxy) is 1. The molecule has 20 heavy (non-hydrogen) atoms. The summed E-state index contributed by atoms with van der Waals surface area (Å²) in [4.78, 5) is 33.2. The molecule has 2 rings (SSSR count). The molecule has 2 N–H and O–H groups in total. The summed E-state index contributed by atoms with van der Waals surface area (Å²) in [5, 5.41) is 23.5. The van der Waals surface area contributed by atoms with E-state index in [4.69, 9.17) is 4.74 Å². The minimum atomic E-state index is -1.20. The van der Waals surface area contributed by atoms with Crippen LogP contribution >= 0.6 is 11.3 Å². The molecule has 0 spiro atoms. The number of carboxylic acid groups (broad SMARTS) is 1. The van der Waals surface area contributed by atoms with Crippen LogP contribution in [0.15, 0.2) is 11.4 Å². The molecule has 2 heterocycles. The van der Waals surface area contributed by atoms with Gasteiger partial charge in [0.15, 0.2) is 0 Å². The third-order valence-electron chi connectivity index (χ3n) is 3.28. The maximum atomic E-state index is 12.0. The van der Waals surface area contributed by atoms with E-state index in [1.54, 1.807) is 0 Å². The summed E-state index contributed by atoms with van der Waals surface area (Å²) in [5.41, 5.74) is -1.06. The Morgan fingerprint density at radius 1 is 1.65 bits per heavy atom. The van der Waals surface area contributed by atoms with Gasteiger partial charge in [-0.15, -0.1) is 0 Å². The first-order valence-electron chi connectivity index (χ1n) is 5.69. The van der Waals surface area contributed by atoms with Gasteiger partial charge in [0.2, 0.25) is 0 Å². The van der Waals surface area contributed by atoms with Crippen LogP contribution in [0.2, 0.25) is 0 Å². The predicted molar refractivity (Wildman–Crippen MR) is 68.8 cm³/mol. The van der Waals surface area contributed by atoms with Gasteiger partial charge < -0.3 is 15.2 Å². The number of hydrogen-bond donors (Lipinski definition) is 2. The molecule has 1 aromatic rings. The average molecular weight is 300 g/mol. The molecule has 1 fully saturated rings. The number of nitrogens with one attached hydrogen (secondary N) is 1. The zero-order chi connectivity index (χ0) is 14.9. The molecule has 1 aromatic heterocycles. The minimum absolute atomic E-state index is 0.0110. The molecule has 1 aliphatic rings. The van der Waals surface area contributed by atoms with Crippen molar-refractivity contribution in [2.75, 3.05) is 13.2 Å². The number of hydrogen-bond acceptors (Lipinski definition) is 6. The summed E-state index contributed by atoms with van der Waals surface area (Å²) in [6.07, 6.45) is 0. The van der Waals surface area contributed by atoms with Gasteiger partial charge in [-0.25, -0.2) is 0 Å². The van der Waals surface area contributed by atoms with Crippen molar-refractivity contribution in [3.63, 3.8) is 0 Å². The SMILES string of the molecule is CC1(C(=O)O)COCC1NC(=O)c1csc([N+](=O)[O-])c1. The monoisotopic (exact) mass is 300 g/mol. The zero-order valence-corrected chi connectivity index (χ0v) is 11.3. The summed E-state index contributed by atoms with van der Waals surface area (Å²) in [5.74, 6) is -1.60. The highest BCUT2D eigenvalue weighted by Crippen LogP contribution is 2.29. The lowest BCUT2D eigenvalue weighted by molar-refractivity contribution is -0.380. The average Bonchev–Trinajstić information content (AvgIpc) is 2.98. The van der Waals surface area contributed by atoms with E-state index < -0.39 is 28.3 Å². The topological polar surface area (TPSA) is 119 Å². The Morgan fingerprint density at radius 3 is 2.90 bits per heavy atom. The lowest BCUT2D eigenvalue weighted by atomic mass is 9.85. The summed E-state index contributed by atoms with van der Waals surface area (Å²) >= 11 is 0.843. The summed E-state index contributed by atoms with van der Waals surface area (Å²) < 4.78 is 5.11. The number of carboxylic acids is 1. The highest BCUT2D eigenvalue weighted by molar-refractivity contribution is 7.13. The Labute approximate surface area is 117 Å².